The number of benzene rings is 3. The predicted molar refractivity (Wildman–Crippen MR) is 147 cm³/mol. The molecule has 1 amide bonds. The fraction of sp³-hybridized carbons (Fsp3) is 0.258. The Bertz CT molecular complexity index is 1510. The SMILES string of the molecule is CCOc1cc(C2/C(=C(\O)c3ccc(OC)c(C(C)(C)C)c3)C(=O)C(=O)N2c2ccc(C#N)cc2)ccc1O. The molecule has 0 radical (unpaired) electrons. The van der Waals surface area contributed by atoms with Gasteiger partial charge in [0.15, 0.2) is 11.5 Å². The Morgan fingerprint density at radius 1 is 1.03 bits per heavy atom. The van der Waals surface area contributed by atoms with Crippen molar-refractivity contribution in [1.82, 2.24) is 0 Å². The monoisotopic (exact) mass is 526 g/mol. The van der Waals surface area contributed by atoms with E-state index in [1.807, 2.05) is 26.8 Å². The lowest BCUT2D eigenvalue weighted by molar-refractivity contribution is -0.132. The zero-order chi connectivity index (χ0) is 28.5. The molecule has 2 N–H and O–H groups in total. The van der Waals surface area contributed by atoms with Crippen LogP contribution < -0.4 is 14.4 Å². The summed E-state index contributed by atoms with van der Waals surface area (Å²) < 4.78 is 11.1. The average molecular weight is 527 g/mol. The molecule has 1 heterocycles. The molecule has 0 bridgehead atoms. The molecule has 0 aliphatic carbocycles. The Hall–Kier alpha value is -4.77. The molecule has 4 rings (SSSR count). The Morgan fingerprint density at radius 3 is 2.31 bits per heavy atom. The van der Waals surface area contributed by atoms with Gasteiger partial charge in [-0.3, -0.25) is 14.5 Å². The Morgan fingerprint density at radius 2 is 1.72 bits per heavy atom. The summed E-state index contributed by atoms with van der Waals surface area (Å²) in [5, 5.41) is 31.1. The van der Waals surface area contributed by atoms with Gasteiger partial charge in [0.2, 0.25) is 0 Å². The number of aliphatic hydroxyl groups excluding tert-OH is 1. The first-order valence-electron chi connectivity index (χ1n) is 12.5. The third-order valence-electron chi connectivity index (χ3n) is 6.60. The summed E-state index contributed by atoms with van der Waals surface area (Å²) in [5.41, 5.74) is 1.94. The van der Waals surface area contributed by atoms with E-state index in [0.717, 1.165) is 5.56 Å². The number of nitrogens with zero attached hydrogens (tertiary/aromatic N) is 2. The van der Waals surface area contributed by atoms with E-state index in [4.69, 9.17) is 9.47 Å². The molecule has 3 aromatic carbocycles. The topological polar surface area (TPSA) is 120 Å². The van der Waals surface area contributed by atoms with Crippen molar-refractivity contribution in [3.05, 3.63) is 88.5 Å². The van der Waals surface area contributed by atoms with Crippen LogP contribution in [0.25, 0.3) is 5.76 Å². The fourth-order valence-corrected chi connectivity index (χ4v) is 4.68. The largest absolute Gasteiger partial charge is 0.507 e. The quantitative estimate of drug-likeness (QED) is 0.244. The number of anilines is 1. The second-order valence-corrected chi connectivity index (χ2v) is 10.2. The Balaban J connectivity index is 1.98. The smallest absolute Gasteiger partial charge is 0.300 e. The lowest BCUT2D eigenvalue weighted by Gasteiger charge is -2.26. The van der Waals surface area contributed by atoms with Gasteiger partial charge in [-0.25, -0.2) is 0 Å². The van der Waals surface area contributed by atoms with Gasteiger partial charge in [-0.15, -0.1) is 0 Å². The molecule has 8 nitrogen and oxygen atoms in total. The number of rotatable bonds is 6. The van der Waals surface area contributed by atoms with Crippen LogP contribution in [0, 0.1) is 11.3 Å². The molecule has 8 heteroatoms. The van der Waals surface area contributed by atoms with E-state index in [-0.39, 0.29) is 34.9 Å². The molecule has 1 fully saturated rings. The molecular weight excluding hydrogens is 496 g/mol. The van der Waals surface area contributed by atoms with Crippen LogP contribution in [0.5, 0.6) is 17.2 Å². The third-order valence-corrected chi connectivity index (χ3v) is 6.60. The number of amides is 1. The fourth-order valence-electron chi connectivity index (χ4n) is 4.68. The molecule has 1 aliphatic heterocycles. The first kappa shape index (κ1) is 27.3. The number of phenolic OH excluding ortho intramolecular Hbond substituents is 1. The van der Waals surface area contributed by atoms with Gasteiger partial charge in [-0.05, 0) is 72.5 Å². The lowest BCUT2D eigenvalue weighted by Crippen LogP contribution is -2.29. The zero-order valence-corrected chi connectivity index (χ0v) is 22.5. The van der Waals surface area contributed by atoms with Crippen molar-refractivity contribution in [3.8, 4) is 23.3 Å². The van der Waals surface area contributed by atoms with Crippen molar-refractivity contribution in [2.75, 3.05) is 18.6 Å². The van der Waals surface area contributed by atoms with Crippen LogP contribution in [0.4, 0.5) is 5.69 Å². The van der Waals surface area contributed by atoms with Gasteiger partial charge in [0, 0.05) is 16.8 Å². The normalized spacial score (nSPS) is 16.7. The zero-order valence-electron chi connectivity index (χ0n) is 22.5. The number of hydrogen-bond donors (Lipinski definition) is 2. The second-order valence-electron chi connectivity index (χ2n) is 10.2. The number of aromatic hydroxyl groups is 1. The summed E-state index contributed by atoms with van der Waals surface area (Å²) in [6, 6.07) is 16.9. The number of hydrogen-bond acceptors (Lipinski definition) is 7. The molecular formula is C31H30N2O6. The number of carbonyl (C=O) groups excluding carboxylic acids is 2. The van der Waals surface area contributed by atoms with E-state index in [9.17, 15) is 25.1 Å². The van der Waals surface area contributed by atoms with Gasteiger partial charge in [-0.1, -0.05) is 26.8 Å². The van der Waals surface area contributed by atoms with Crippen LogP contribution >= 0.6 is 0 Å². The minimum Gasteiger partial charge on any atom is -0.507 e. The summed E-state index contributed by atoms with van der Waals surface area (Å²) >= 11 is 0. The van der Waals surface area contributed by atoms with Gasteiger partial charge < -0.3 is 19.7 Å². The van der Waals surface area contributed by atoms with Crippen LogP contribution in [-0.4, -0.2) is 35.6 Å². The van der Waals surface area contributed by atoms with Crippen molar-refractivity contribution in [2.45, 2.75) is 39.2 Å². The molecule has 3 aromatic rings. The number of ketones is 1. The molecule has 0 aromatic heterocycles. The van der Waals surface area contributed by atoms with Crippen molar-refractivity contribution in [3.63, 3.8) is 0 Å². The Kier molecular flexibility index (Phi) is 7.37. The van der Waals surface area contributed by atoms with Gasteiger partial charge in [0.05, 0.1) is 37.0 Å². The highest BCUT2D eigenvalue weighted by Gasteiger charge is 2.47. The van der Waals surface area contributed by atoms with Crippen LogP contribution in [0.15, 0.2) is 66.2 Å². The number of aliphatic hydroxyl groups is 1. The van der Waals surface area contributed by atoms with Crippen molar-refractivity contribution < 1.29 is 29.3 Å². The van der Waals surface area contributed by atoms with Crippen LogP contribution in [0.1, 0.15) is 56.0 Å². The van der Waals surface area contributed by atoms with E-state index in [1.54, 1.807) is 68.6 Å². The van der Waals surface area contributed by atoms with Gasteiger partial charge >= 0.3 is 0 Å². The molecule has 0 saturated carbocycles. The number of nitriles is 1. The highest BCUT2D eigenvalue weighted by molar-refractivity contribution is 6.51. The minimum absolute atomic E-state index is 0.0964. The average Bonchev–Trinajstić information content (AvgIpc) is 3.18. The first-order chi connectivity index (χ1) is 18.5. The van der Waals surface area contributed by atoms with Crippen molar-refractivity contribution >= 4 is 23.1 Å². The highest BCUT2D eigenvalue weighted by Crippen LogP contribution is 2.44. The van der Waals surface area contributed by atoms with E-state index < -0.39 is 17.7 Å². The molecule has 1 aliphatic rings. The van der Waals surface area contributed by atoms with E-state index in [2.05, 4.69) is 0 Å². The van der Waals surface area contributed by atoms with Crippen LogP contribution in [-0.2, 0) is 15.0 Å². The lowest BCUT2D eigenvalue weighted by atomic mass is 9.84. The first-order valence-corrected chi connectivity index (χ1v) is 12.5. The van der Waals surface area contributed by atoms with Gasteiger partial charge in [-0.2, -0.15) is 5.26 Å². The molecule has 39 heavy (non-hydrogen) atoms. The van der Waals surface area contributed by atoms with E-state index >= 15 is 0 Å². The summed E-state index contributed by atoms with van der Waals surface area (Å²) in [5.74, 6) is -1.31. The second kappa shape index (κ2) is 10.5. The third kappa shape index (κ3) is 5.04. The van der Waals surface area contributed by atoms with Crippen LogP contribution in [0.2, 0.25) is 0 Å². The number of methoxy groups -OCH3 is 1. The van der Waals surface area contributed by atoms with E-state index in [1.165, 1.54) is 11.0 Å². The minimum atomic E-state index is -1.03. The summed E-state index contributed by atoms with van der Waals surface area (Å²) in [6.45, 7) is 8.07. The number of phenols is 1. The highest BCUT2D eigenvalue weighted by atomic mass is 16.5. The molecule has 1 atom stereocenters. The van der Waals surface area contributed by atoms with E-state index in [0.29, 0.717) is 28.1 Å². The Labute approximate surface area is 227 Å². The summed E-state index contributed by atoms with van der Waals surface area (Å²) in [7, 11) is 1.56. The number of carbonyl (C=O) groups is 2. The standard InChI is InChI=1S/C31H30N2O6/c1-6-39-25-16-19(9-13-23(25)34)27-26(28(35)20-10-14-24(38-5)22(15-20)31(2,3)4)29(36)30(37)33(27)21-11-7-18(17-32)8-12-21/h7-16,27,34-35H,6H2,1-5H3/b28-26+. The molecule has 1 saturated heterocycles. The number of ether oxygens (including phenoxy) is 2. The number of Topliss-reactive ketones (excluding diaryl/α,β-unsaturated/α-hetero) is 1. The van der Waals surface area contributed by atoms with Crippen LogP contribution in [0.3, 0.4) is 0 Å². The molecule has 0 spiro atoms. The predicted octanol–water partition coefficient (Wildman–Crippen LogP) is 5.59. The molecule has 200 valence electrons. The van der Waals surface area contributed by atoms with Gasteiger partial charge in [0.25, 0.3) is 11.7 Å². The summed E-state index contributed by atoms with van der Waals surface area (Å²) in [6.07, 6.45) is 0. The van der Waals surface area contributed by atoms with Crippen molar-refractivity contribution in [1.29, 1.82) is 5.26 Å². The van der Waals surface area contributed by atoms with Crippen molar-refractivity contribution in [2.24, 2.45) is 0 Å². The maximum absolute atomic E-state index is 13.5. The maximum Gasteiger partial charge on any atom is 0.300 e. The summed E-state index contributed by atoms with van der Waals surface area (Å²) in [4.78, 5) is 28.3. The van der Waals surface area contributed by atoms with Gasteiger partial charge in [0.1, 0.15) is 11.5 Å². The molecule has 1 unspecified atom stereocenters. The maximum atomic E-state index is 13.5.